The Hall–Kier alpha value is -2.25. The minimum Gasteiger partial charge on any atom is -0.348 e. The number of hydrogen-bond donors (Lipinski definition) is 1. The van der Waals surface area contributed by atoms with Crippen molar-refractivity contribution < 1.29 is 17.6 Å². The Morgan fingerprint density at radius 1 is 1.07 bits per heavy atom. The maximum atomic E-state index is 13.1. The summed E-state index contributed by atoms with van der Waals surface area (Å²) in [6, 6.07) is 8.45. The van der Waals surface area contributed by atoms with E-state index >= 15 is 0 Å². The average molecular weight is 407 g/mol. The maximum Gasteiger partial charge on any atom is 0.243 e. The van der Waals surface area contributed by atoms with E-state index in [4.69, 9.17) is 0 Å². The van der Waals surface area contributed by atoms with Crippen molar-refractivity contribution in [2.45, 2.75) is 45.6 Å². The van der Waals surface area contributed by atoms with Crippen LogP contribution in [0.15, 0.2) is 41.3 Å². The molecule has 0 aliphatic carbocycles. The van der Waals surface area contributed by atoms with Gasteiger partial charge in [0.05, 0.1) is 17.5 Å². The van der Waals surface area contributed by atoms with Crippen LogP contribution in [0.1, 0.15) is 42.1 Å². The molecule has 2 aromatic carbocycles. The molecule has 0 saturated carbocycles. The van der Waals surface area contributed by atoms with Crippen molar-refractivity contribution in [3.8, 4) is 0 Å². The van der Waals surface area contributed by atoms with Crippen molar-refractivity contribution in [3.63, 3.8) is 0 Å². The number of likely N-dealkylation sites (N-methyl/N-ethyl adjacent to an activating group) is 1. The van der Waals surface area contributed by atoms with Crippen LogP contribution >= 0.6 is 0 Å². The van der Waals surface area contributed by atoms with Crippen molar-refractivity contribution in [2.75, 3.05) is 13.1 Å². The fourth-order valence-electron chi connectivity index (χ4n) is 3.10. The molecule has 0 bridgehead atoms. The van der Waals surface area contributed by atoms with E-state index < -0.39 is 21.7 Å². The molecule has 0 unspecified atom stereocenters. The number of benzene rings is 2. The van der Waals surface area contributed by atoms with E-state index in [-0.39, 0.29) is 24.0 Å². The molecule has 1 atom stereocenters. The number of rotatable bonds is 7. The molecule has 0 fully saturated rings. The van der Waals surface area contributed by atoms with Crippen LogP contribution in [0, 0.1) is 26.6 Å². The Bertz CT molecular complexity index is 956. The van der Waals surface area contributed by atoms with Gasteiger partial charge in [-0.25, -0.2) is 12.8 Å². The quantitative estimate of drug-likeness (QED) is 0.763. The number of carbonyl (C=O) groups excluding carboxylic acids is 1. The Labute approximate surface area is 166 Å². The molecule has 0 saturated heterocycles. The van der Waals surface area contributed by atoms with Crippen LogP contribution in [0.25, 0.3) is 0 Å². The Kier molecular flexibility index (Phi) is 6.96. The lowest BCUT2D eigenvalue weighted by molar-refractivity contribution is -0.121. The molecule has 1 amide bonds. The molecule has 0 aliphatic rings. The number of aryl methyl sites for hydroxylation is 3. The third-order valence-electron chi connectivity index (χ3n) is 4.85. The smallest absolute Gasteiger partial charge is 0.243 e. The zero-order valence-electron chi connectivity index (χ0n) is 16.9. The van der Waals surface area contributed by atoms with Gasteiger partial charge in [-0.15, -0.1) is 0 Å². The SMILES string of the molecule is CCN(CC(=O)N[C@@H](C)c1cc(C)c(C)cc1C)S(=O)(=O)c1ccc(F)cc1. The van der Waals surface area contributed by atoms with Gasteiger partial charge < -0.3 is 5.32 Å². The molecule has 5 nitrogen and oxygen atoms in total. The van der Waals surface area contributed by atoms with Gasteiger partial charge in [0.25, 0.3) is 0 Å². The predicted octanol–water partition coefficient (Wildman–Crippen LogP) is 3.64. The van der Waals surface area contributed by atoms with Crippen LogP contribution in [0.5, 0.6) is 0 Å². The van der Waals surface area contributed by atoms with Crippen LogP contribution < -0.4 is 5.32 Å². The van der Waals surface area contributed by atoms with E-state index in [9.17, 15) is 17.6 Å². The lowest BCUT2D eigenvalue weighted by atomic mass is 9.96. The van der Waals surface area contributed by atoms with Crippen molar-refractivity contribution in [1.82, 2.24) is 9.62 Å². The number of sulfonamides is 1. The number of halogens is 1. The van der Waals surface area contributed by atoms with Crippen LogP contribution in [-0.4, -0.2) is 31.7 Å². The van der Waals surface area contributed by atoms with Gasteiger partial charge in [0, 0.05) is 6.54 Å². The second kappa shape index (κ2) is 8.84. The zero-order valence-corrected chi connectivity index (χ0v) is 17.7. The van der Waals surface area contributed by atoms with Crippen molar-refractivity contribution >= 4 is 15.9 Å². The van der Waals surface area contributed by atoms with E-state index in [1.807, 2.05) is 33.8 Å². The summed E-state index contributed by atoms with van der Waals surface area (Å²) in [4.78, 5) is 12.5. The summed E-state index contributed by atoms with van der Waals surface area (Å²) in [5.74, 6) is -0.907. The second-order valence-electron chi connectivity index (χ2n) is 6.97. The zero-order chi connectivity index (χ0) is 21.1. The second-order valence-corrected chi connectivity index (χ2v) is 8.91. The van der Waals surface area contributed by atoms with Crippen molar-refractivity contribution in [3.05, 3.63) is 64.5 Å². The molecular formula is C21H27FN2O3S. The Balaban J connectivity index is 2.14. The number of amides is 1. The molecule has 28 heavy (non-hydrogen) atoms. The van der Waals surface area contributed by atoms with E-state index in [1.54, 1.807) is 6.92 Å². The van der Waals surface area contributed by atoms with Gasteiger partial charge in [0.1, 0.15) is 5.82 Å². The van der Waals surface area contributed by atoms with Crippen LogP contribution in [0.3, 0.4) is 0 Å². The highest BCUT2D eigenvalue weighted by Crippen LogP contribution is 2.22. The number of nitrogens with zero attached hydrogens (tertiary/aromatic N) is 1. The molecular weight excluding hydrogens is 379 g/mol. The molecule has 0 radical (unpaired) electrons. The predicted molar refractivity (Wildman–Crippen MR) is 108 cm³/mol. The van der Waals surface area contributed by atoms with Gasteiger partial charge in [0.15, 0.2) is 0 Å². The number of nitrogens with one attached hydrogen (secondary N) is 1. The summed E-state index contributed by atoms with van der Waals surface area (Å²) in [7, 11) is -3.88. The topological polar surface area (TPSA) is 66.5 Å². The molecule has 152 valence electrons. The van der Waals surface area contributed by atoms with E-state index in [1.165, 1.54) is 17.7 Å². The lowest BCUT2D eigenvalue weighted by Gasteiger charge is -2.23. The van der Waals surface area contributed by atoms with Gasteiger partial charge in [-0.2, -0.15) is 4.31 Å². The van der Waals surface area contributed by atoms with Crippen LogP contribution in [0.2, 0.25) is 0 Å². The van der Waals surface area contributed by atoms with Gasteiger partial charge in [-0.1, -0.05) is 19.1 Å². The fourth-order valence-corrected chi connectivity index (χ4v) is 4.50. The number of hydrogen-bond acceptors (Lipinski definition) is 3. The summed E-state index contributed by atoms with van der Waals surface area (Å²) in [5, 5.41) is 2.88. The summed E-state index contributed by atoms with van der Waals surface area (Å²) in [5.41, 5.74) is 4.39. The fraction of sp³-hybridized carbons (Fsp3) is 0.381. The summed E-state index contributed by atoms with van der Waals surface area (Å²) >= 11 is 0. The highest BCUT2D eigenvalue weighted by atomic mass is 32.2. The van der Waals surface area contributed by atoms with Crippen LogP contribution in [0.4, 0.5) is 4.39 Å². The van der Waals surface area contributed by atoms with Gasteiger partial charge >= 0.3 is 0 Å². The monoisotopic (exact) mass is 406 g/mol. The van der Waals surface area contributed by atoms with Gasteiger partial charge in [0.2, 0.25) is 15.9 Å². The first-order valence-corrected chi connectivity index (χ1v) is 10.6. The Morgan fingerprint density at radius 3 is 2.21 bits per heavy atom. The molecule has 7 heteroatoms. The highest BCUT2D eigenvalue weighted by molar-refractivity contribution is 7.89. The highest BCUT2D eigenvalue weighted by Gasteiger charge is 2.26. The molecule has 0 spiro atoms. The molecule has 0 heterocycles. The summed E-state index contributed by atoms with van der Waals surface area (Å²) < 4.78 is 39.6. The first kappa shape index (κ1) is 22.0. The van der Waals surface area contributed by atoms with E-state index in [0.717, 1.165) is 33.1 Å². The lowest BCUT2D eigenvalue weighted by Crippen LogP contribution is -2.41. The first-order valence-electron chi connectivity index (χ1n) is 9.19. The summed E-state index contributed by atoms with van der Waals surface area (Å²) in [6.07, 6.45) is 0. The van der Waals surface area contributed by atoms with E-state index in [0.29, 0.717) is 0 Å². The normalized spacial score (nSPS) is 12.8. The molecule has 2 aromatic rings. The molecule has 1 N–H and O–H groups in total. The third kappa shape index (κ3) is 4.97. The Morgan fingerprint density at radius 2 is 1.64 bits per heavy atom. The van der Waals surface area contributed by atoms with Crippen LogP contribution in [-0.2, 0) is 14.8 Å². The minimum absolute atomic E-state index is 0.0402. The van der Waals surface area contributed by atoms with E-state index in [2.05, 4.69) is 11.4 Å². The molecule has 0 aliphatic heterocycles. The third-order valence-corrected chi connectivity index (χ3v) is 6.79. The van der Waals surface area contributed by atoms with Crippen molar-refractivity contribution in [1.29, 1.82) is 0 Å². The average Bonchev–Trinajstić information content (AvgIpc) is 2.62. The van der Waals surface area contributed by atoms with Gasteiger partial charge in [-0.05, 0) is 74.2 Å². The van der Waals surface area contributed by atoms with Crippen molar-refractivity contribution in [2.24, 2.45) is 0 Å². The minimum atomic E-state index is -3.88. The standard InChI is InChI=1S/C21H27FN2O3S/c1-6-24(28(26,27)19-9-7-18(22)8-10-19)13-21(25)23-17(5)20-12-15(3)14(2)11-16(20)4/h7-12,17H,6,13H2,1-5H3,(H,23,25)/t17-/m0/s1. The first-order chi connectivity index (χ1) is 13.1. The molecule has 0 aromatic heterocycles. The largest absolute Gasteiger partial charge is 0.348 e. The van der Waals surface area contributed by atoms with Gasteiger partial charge in [-0.3, -0.25) is 4.79 Å². The molecule has 2 rings (SSSR count). The maximum absolute atomic E-state index is 13.1. The number of carbonyl (C=O) groups is 1. The summed E-state index contributed by atoms with van der Waals surface area (Å²) in [6.45, 7) is 9.40.